The Balaban J connectivity index is 2.07. The highest BCUT2D eigenvalue weighted by molar-refractivity contribution is 6.06. The van der Waals surface area contributed by atoms with Crippen LogP contribution in [-0.4, -0.2) is 23.8 Å². The van der Waals surface area contributed by atoms with Crippen molar-refractivity contribution in [2.75, 3.05) is 6.61 Å². The molecule has 1 unspecified atom stereocenters. The summed E-state index contributed by atoms with van der Waals surface area (Å²) in [6, 6.07) is 29.1. The van der Waals surface area contributed by atoms with Crippen LogP contribution < -0.4 is 0 Å². The molecule has 0 saturated carbocycles. The Bertz CT molecular complexity index is 1270. The van der Waals surface area contributed by atoms with Gasteiger partial charge in [0.2, 0.25) is 0 Å². The van der Waals surface area contributed by atoms with E-state index >= 15 is 0 Å². The Morgan fingerprint density at radius 1 is 0.879 bits per heavy atom. The van der Waals surface area contributed by atoms with Crippen LogP contribution in [-0.2, 0) is 14.9 Å². The van der Waals surface area contributed by atoms with E-state index in [2.05, 4.69) is 61.5 Å². The first kappa shape index (κ1) is 22.8. The second-order valence-electron chi connectivity index (χ2n) is 9.00. The first-order chi connectivity index (χ1) is 15.8. The fraction of sp³-hybridized carbons (Fsp3) is 0.233. The van der Waals surface area contributed by atoms with E-state index in [-0.39, 0.29) is 6.61 Å². The predicted octanol–water partition coefficient (Wildman–Crippen LogP) is 6.68. The van der Waals surface area contributed by atoms with Crippen LogP contribution in [0, 0.1) is 6.92 Å². The number of aliphatic hydroxyl groups is 1. The van der Waals surface area contributed by atoms with E-state index < -0.39 is 17.5 Å². The molecule has 0 aliphatic heterocycles. The van der Waals surface area contributed by atoms with Crippen LogP contribution in [0.5, 0.6) is 0 Å². The Kier molecular flexibility index (Phi) is 6.35. The summed E-state index contributed by atoms with van der Waals surface area (Å²) in [6.07, 6.45) is -1.30. The monoisotopic (exact) mass is 438 g/mol. The van der Waals surface area contributed by atoms with Crippen LogP contribution in [0.1, 0.15) is 31.9 Å². The van der Waals surface area contributed by atoms with E-state index in [1.807, 2.05) is 44.2 Å². The first-order valence-corrected chi connectivity index (χ1v) is 11.4. The topological polar surface area (TPSA) is 46.5 Å². The number of benzene rings is 4. The molecular formula is C30H30O3. The molecule has 0 aromatic heterocycles. The minimum atomic E-state index is -1.30. The van der Waals surface area contributed by atoms with Crippen molar-refractivity contribution in [1.82, 2.24) is 0 Å². The third kappa shape index (κ3) is 4.29. The largest absolute Gasteiger partial charge is 0.464 e. The molecule has 0 aliphatic carbocycles. The van der Waals surface area contributed by atoms with Gasteiger partial charge in [0.15, 0.2) is 6.10 Å². The maximum absolute atomic E-state index is 12.6. The van der Waals surface area contributed by atoms with Gasteiger partial charge < -0.3 is 9.84 Å². The zero-order chi connectivity index (χ0) is 23.6. The number of rotatable bonds is 6. The first-order valence-electron chi connectivity index (χ1n) is 11.4. The van der Waals surface area contributed by atoms with Crippen molar-refractivity contribution in [1.29, 1.82) is 0 Å². The van der Waals surface area contributed by atoms with Gasteiger partial charge in [-0.1, -0.05) is 98.3 Å². The molecule has 0 spiro atoms. The number of hydrogen-bond donors (Lipinski definition) is 1. The summed E-state index contributed by atoms with van der Waals surface area (Å²) in [5.74, 6) is -0.605. The third-order valence-electron chi connectivity index (χ3n) is 6.36. The maximum Gasteiger partial charge on any atom is 0.335 e. The lowest BCUT2D eigenvalue weighted by Gasteiger charge is -2.33. The normalized spacial score (nSPS) is 12.5. The number of aryl methyl sites for hydroxylation is 1. The predicted molar refractivity (Wildman–Crippen MR) is 135 cm³/mol. The fourth-order valence-electron chi connectivity index (χ4n) is 4.43. The van der Waals surface area contributed by atoms with Gasteiger partial charge in [-0.25, -0.2) is 4.79 Å². The van der Waals surface area contributed by atoms with Crippen molar-refractivity contribution in [3.05, 3.63) is 96.1 Å². The van der Waals surface area contributed by atoms with Crippen LogP contribution in [0.2, 0.25) is 0 Å². The standard InChI is InChI=1S/C30H30O3/c1-5-33-29(32)28(31)30(3,4)26-19-25(21-17-15-20(2)16-18-21)23-13-9-10-14-24(23)27(26)22-11-7-6-8-12-22/h6-19,28,31H,5H2,1-4H3. The Morgan fingerprint density at radius 2 is 1.48 bits per heavy atom. The highest BCUT2D eigenvalue weighted by Crippen LogP contribution is 2.44. The van der Waals surface area contributed by atoms with Gasteiger partial charge in [0.05, 0.1) is 6.61 Å². The summed E-state index contributed by atoms with van der Waals surface area (Å²) in [5, 5.41) is 13.3. The van der Waals surface area contributed by atoms with Gasteiger partial charge in [-0.05, 0) is 58.5 Å². The SMILES string of the molecule is CCOC(=O)C(O)C(C)(C)c1cc(-c2ccc(C)cc2)c2ccccc2c1-c1ccccc1. The van der Waals surface area contributed by atoms with Crippen molar-refractivity contribution in [2.24, 2.45) is 0 Å². The van der Waals surface area contributed by atoms with E-state index in [9.17, 15) is 9.90 Å². The molecular weight excluding hydrogens is 408 g/mol. The molecule has 0 amide bonds. The average molecular weight is 439 g/mol. The van der Waals surface area contributed by atoms with Crippen LogP contribution in [0.15, 0.2) is 84.9 Å². The number of fused-ring (bicyclic) bond motifs is 1. The number of carbonyl (C=O) groups is 1. The maximum atomic E-state index is 12.6. The lowest BCUT2D eigenvalue weighted by atomic mass is 9.73. The number of aliphatic hydroxyl groups excluding tert-OH is 1. The van der Waals surface area contributed by atoms with Crippen molar-refractivity contribution in [3.8, 4) is 22.3 Å². The van der Waals surface area contributed by atoms with Gasteiger partial charge in [-0.15, -0.1) is 0 Å². The molecule has 4 aromatic rings. The van der Waals surface area contributed by atoms with Crippen LogP contribution in [0.3, 0.4) is 0 Å². The molecule has 0 bridgehead atoms. The van der Waals surface area contributed by atoms with Gasteiger partial charge in [0.25, 0.3) is 0 Å². The second-order valence-corrected chi connectivity index (χ2v) is 9.00. The smallest absolute Gasteiger partial charge is 0.335 e. The molecule has 4 rings (SSSR count). The van der Waals surface area contributed by atoms with Crippen molar-refractivity contribution >= 4 is 16.7 Å². The van der Waals surface area contributed by atoms with E-state index in [0.29, 0.717) is 0 Å². The fourth-order valence-corrected chi connectivity index (χ4v) is 4.43. The lowest BCUT2D eigenvalue weighted by molar-refractivity contribution is -0.156. The summed E-state index contributed by atoms with van der Waals surface area (Å²) >= 11 is 0. The van der Waals surface area contributed by atoms with Crippen molar-refractivity contribution < 1.29 is 14.6 Å². The van der Waals surface area contributed by atoms with Crippen LogP contribution in [0.4, 0.5) is 0 Å². The Morgan fingerprint density at radius 3 is 2.12 bits per heavy atom. The van der Waals surface area contributed by atoms with Gasteiger partial charge in [-0.3, -0.25) is 0 Å². The molecule has 168 valence electrons. The molecule has 1 N–H and O–H groups in total. The highest BCUT2D eigenvalue weighted by Gasteiger charge is 2.39. The van der Waals surface area contributed by atoms with Crippen LogP contribution in [0.25, 0.3) is 33.0 Å². The minimum absolute atomic E-state index is 0.226. The highest BCUT2D eigenvalue weighted by atomic mass is 16.5. The Labute approximate surface area is 195 Å². The van der Waals surface area contributed by atoms with E-state index in [1.165, 1.54) is 5.56 Å². The van der Waals surface area contributed by atoms with Crippen LogP contribution >= 0.6 is 0 Å². The zero-order valence-corrected chi connectivity index (χ0v) is 19.6. The summed E-state index contributed by atoms with van der Waals surface area (Å²) in [6.45, 7) is 7.86. The summed E-state index contributed by atoms with van der Waals surface area (Å²) in [5.41, 5.74) is 5.45. The van der Waals surface area contributed by atoms with Gasteiger partial charge in [-0.2, -0.15) is 0 Å². The number of hydrogen-bond acceptors (Lipinski definition) is 3. The van der Waals surface area contributed by atoms with Crippen molar-refractivity contribution in [3.63, 3.8) is 0 Å². The quantitative estimate of drug-likeness (QED) is 0.341. The number of ether oxygens (including phenoxy) is 1. The molecule has 0 radical (unpaired) electrons. The molecule has 0 heterocycles. The molecule has 0 aliphatic rings. The molecule has 1 atom stereocenters. The van der Waals surface area contributed by atoms with Crippen molar-refractivity contribution in [2.45, 2.75) is 39.2 Å². The van der Waals surface area contributed by atoms with Gasteiger partial charge in [0, 0.05) is 5.41 Å². The molecule has 0 saturated heterocycles. The zero-order valence-electron chi connectivity index (χ0n) is 19.6. The molecule has 33 heavy (non-hydrogen) atoms. The molecule has 3 heteroatoms. The van der Waals surface area contributed by atoms with Gasteiger partial charge in [0.1, 0.15) is 0 Å². The second kappa shape index (κ2) is 9.21. The summed E-state index contributed by atoms with van der Waals surface area (Å²) in [4.78, 5) is 12.6. The van der Waals surface area contributed by atoms with E-state index in [1.54, 1.807) is 6.92 Å². The number of esters is 1. The number of carbonyl (C=O) groups excluding carboxylic acids is 1. The summed E-state index contributed by atoms with van der Waals surface area (Å²) < 4.78 is 5.18. The molecule has 3 nitrogen and oxygen atoms in total. The Hall–Kier alpha value is -3.43. The average Bonchev–Trinajstić information content (AvgIpc) is 2.83. The van der Waals surface area contributed by atoms with E-state index in [4.69, 9.17) is 4.74 Å². The molecule has 0 fully saturated rings. The van der Waals surface area contributed by atoms with Gasteiger partial charge >= 0.3 is 5.97 Å². The van der Waals surface area contributed by atoms with E-state index in [0.717, 1.165) is 38.6 Å². The molecule has 4 aromatic carbocycles. The lowest BCUT2D eigenvalue weighted by Crippen LogP contribution is -2.41. The minimum Gasteiger partial charge on any atom is -0.464 e. The third-order valence-corrected chi connectivity index (χ3v) is 6.36. The summed E-state index contributed by atoms with van der Waals surface area (Å²) in [7, 11) is 0.